The van der Waals surface area contributed by atoms with Crippen LogP contribution >= 0.6 is 0 Å². The number of piperazine rings is 1. The first-order valence-electron chi connectivity index (χ1n) is 6.97. The van der Waals surface area contributed by atoms with E-state index >= 15 is 0 Å². The molecule has 0 aliphatic carbocycles. The second-order valence-electron chi connectivity index (χ2n) is 5.06. The molecule has 0 bridgehead atoms. The number of pyridine rings is 1. The van der Waals surface area contributed by atoms with Gasteiger partial charge in [0.15, 0.2) is 0 Å². The Kier molecular flexibility index (Phi) is 4.39. The van der Waals surface area contributed by atoms with E-state index in [1.54, 1.807) is 6.07 Å². The van der Waals surface area contributed by atoms with Crippen LogP contribution in [0.15, 0.2) is 12.1 Å². The molecule has 2 heterocycles. The predicted molar refractivity (Wildman–Crippen MR) is 78.8 cm³/mol. The standard InChI is InChI=1S/C13H21N5O2/c1-3-9-8-17(10(4-2)7-15-9)12-6-5-11(18(19)20)13(14)16-12/h5-6,9-10,15H,3-4,7-8H2,1-2H3,(H2,14,16). The minimum Gasteiger partial charge on any atom is -0.378 e. The fourth-order valence-electron chi connectivity index (χ4n) is 2.55. The minimum absolute atomic E-state index is 0.0195. The normalized spacial score (nSPS) is 22.8. The summed E-state index contributed by atoms with van der Waals surface area (Å²) < 4.78 is 0. The molecule has 2 rings (SSSR count). The first-order chi connectivity index (χ1) is 9.56. The Balaban J connectivity index is 2.27. The van der Waals surface area contributed by atoms with E-state index in [4.69, 9.17) is 5.73 Å². The monoisotopic (exact) mass is 279 g/mol. The molecule has 1 fully saturated rings. The second-order valence-corrected chi connectivity index (χ2v) is 5.06. The lowest BCUT2D eigenvalue weighted by atomic mass is 10.1. The van der Waals surface area contributed by atoms with Gasteiger partial charge in [-0.3, -0.25) is 10.1 Å². The number of nitrogens with two attached hydrogens (primary N) is 1. The Labute approximate surface area is 118 Å². The Hall–Kier alpha value is -1.89. The van der Waals surface area contributed by atoms with E-state index in [1.165, 1.54) is 6.07 Å². The highest BCUT2D eigenvalue weighted by Crippen LogP contribution is 2.26. The highest BCUT2D eigenvalue weighted by Gasteiger charge is 2.27. The summed E-state index contributed by atoms with van der Waals surface area (Å²) in [5.74, 6) is 0.703. The third kappa shape index (κ3) is 2.82. The van der Waals surface area contributed by atoms with E-state index in [1.807, 2.05) is 0 Å². The fourth-order valence-corrected chi connectivity index (χ4v) is 2.55. The van der Waals surface area contributed by atoms with Crippen molar-refractivity contribution in [2.75, 3.05) is 23.7 Å². The van der Waals surface area contributed by atoms with Gasteiger partial charge < -0.3 is 16.0 Å². The average Bonchev–Trinajstić information content (AvgIpc) is 2.46. The van der Waals surface area contributed by atoms with Gasteiger partial charge in [0.25, 0.3) is 0 Å². The number of hydrogen-bond acceptors (Lipinski definition) is 6. The molecule has 3 N–H and O–H groups in total. The summed E-state index contributed by atoms with van der Waals surface area (Å²) in [6.07, 6.45) is 2.03. The summed E-state index contributed by atoms with van der Waals surface area (Å²) in [7, 11) is 0. The average molecular weight is 279 g/mol. The van der Waals surface area contributed by atoms with Crippen LogP contribution < -0.4 is 16.0 Å². The lowest BCUT2D eigenvalue weighted by molar-refractivity contribution is -0.384. The molecule has 1 aromatic heterocycles. The number of aromatic nitrogens is 1. The first kappa shape index (κ1) is 14.5. The third-order valence-corrected chi connectivity index (χ3v) is 3.84. The van der Waals surface area contributed by atoms with E-state index in [0.29, 0.717) is 12.1 Å². The fraction of sp³-hybridized carbons (Fsp3) is 0.615. The maximum Gasteiger partial charge on any atom is 0.311 e. The lowest BCUT2D eigenvalue weighted by Crippen LogP contribution is -2.56. The molecule has 0 radical (unpaired) electrons. The minimum atomic E-state index is -0.504. The Morgan fingerprint density at radius 2 is 2.25 bits per heavy atom. The molecule has 2 atom stereocenters. The zero-order valence-corrected chi connectivity index (χ0v) is 11.9. The molecule has 110 valence electrons. The second kappa shape index (κ2) is 6.04. The number of anilines is 2. The smallest absolute Gasteiger partial charge is 0.311 e. The molecule has 2 unspecified atom stereocenters. The van der Waals surface area contributed by atoms with Gasteiger partial charge in [0.2, 0.25) is 5.82 Å². The van der Waals surface area contributed by atoms with E-state index in [0.717, 1.165) is 31.7 Å². The van der Waals surface area contributed by atoms with Gasteiger partial charge in [-0.15, -0.1) is 0 Å². The molecule has 7 heteroatoms. The highest BCUT2D eigenvalue weighted by atomic mass is 16.6. The van der Waals surface area contributed by atoms with Gasteiger partial charge in [0.1, 0.15) is 5.82 Å². The number of nitrogens with one attached hydrogen (secondary N) is 1. The molecule has 1 saturated heterocycles. The summed E-state index contributed by atoms with van der Waals surface area (Å²) in [4.78, 5) is 16.7. The van der Waals surface area contributed by atoms with E-state index in [2.05, 4.69) is 29.0 Å². The molecule has 0 saturated carbocycles. The van der Waals surface area contributed by atoms with Crippen molar-refractivity contribution in [1.29, 1.82) is 0 Å². The highest BCUT2D eigenvalue weighted by molar-refractivity contribution is 5.58. The Morgan fingerprint density at radius 1 is 1.50 bits per heavy atom. The van der Waals surface area contributed by atoms with Crippen molar-refractivity contribution < 1.29 is 4.92 Å². The maximum atomic E-state index is 10.8. The zero-order valence-electron chi connectivity index (χ0n) is 11.9. The quantitative estimate of drug-likeness (QED) is 0.641. The van der Waals surface area contributed by atoms with Crippen LogP contribution in [-0.4, -0.2) is 35.1 Å². The molecule has 20 heavy (non-hydrogen) atoms. The van der Waals surface area contributed by atoms with Gasteiger partial charge in [0, 0.05) is 31.2 Å². The van der Waals surface area contributed by atoms with Crippen LogP contribution in [0, 0.1) is 10.1 Å². The summed E-state index contributed by atoms with van der Waals surface area (Å²) in [5.41, 5.74) is 5.55. The molecule has 1 aliphatic rings. The van der Waals surface area contributed by atoms with E-state index < -0.39 is 4.92 Å². The van der Waals surface area contributed by atoms with Crippen molar-refractivity contribution in [3.05, 3.63) is 22.2 Å². The summed E-state index contributed by atoms with van der Waals surface area (Å²) in [6.45, 7) is 6.01. The van der Waals surface area contributed by atoms with E-state index in [9.17, 15) is 10.1 Å². The topological polar surface area (TPSA) is 97.3 Å². The van der Waals surface area contributed by atoms with Crippen LogP contribution in [0.5, 0.6) is 0 Å². The first-order valence-corrected chi connectivity index (χ1v) is 6.97. The molecule has 0 spiro atoms. The van der Waals surface area contributed by atoms with Crippen molar-refractivity contribution in [3.8, 4) is 0 Å². The Morgan fingerprint density at radius 3 is 2.80 bits per heavy atom. The zero-order chi connectivity index (χ0) is 14.7. The third-order valence-electron chi connectivity index (χ3n) is 3.84. The summed E-state index contributed by atoms with van der Waals surface area (Å²) >= 11 is 0. The largest absolute Gasteiger partial charge is 0.378 e. The number of hydrogen-bond donors (Lipinski definition) is 2. The maximum absolute atomic E-state index is 10.8. The number of nitrogen functional groups attached to an aromatic ring is 1. The van der Waals surface area contributed by atoms with Gasteiger partial charge in [-0.2, -0.15) is 0 Å². The van der Waals surface area contributed by atoms with Gasteiger partial charge in [-0.05, 0) is 18.9 Å². The molecule has 0 amide bonds. The molecule has 0 aromatic carbocycles. The van der Waals surface area contributed by atoms with Crippen molar-refractivity contribution in [1.82, 2.24) is 10.3 Å². The summed E-state index contributed by atoms with van der Waals surface area (Å²) in [6, 6.07) is 3.88. The van der Waals surface area contributed by atoms with Crippen LogP contribution in [0.25, 0.3) is 0 Å². The van der Waals surface area contributed by atoms with Gasteiger partial charge in [-0.25, -0.2) is 4.98 Å². The van der Waals surface area contributed by atoms with Crippen LogP contribution in [0.1, 0.15) is 26.7 Å². The van der Waals surface area contributed by atoms with Crippen LogP contribution in [0.3, 0.4) is 0 Å². The molecule has 7 nitrogen and oxygen atoms in total. The van der Waals surface area contributed by atoms with Crippen LogP contribution in [0.2, 0.25) is 0 Å². The lowest BCUT2D eigenvalue weighted by Gasteiger charge is -2.40. The Bertz CT molecular complexity index is 494. The molecule has 1 aliphatic heterocycles. The summed E-state index contributed by atoms with van der Waals surface area (Å²) in [5, 5.41) is 14.3. The van der Waals surface area contributed by atoms with Crippen molar-refractivity contribution in [2.24, 2.45) is 0 Å². The SMILES string of the molecule is CCC1CN(c2ccc([N+](=O)[O-])c(N)n2)C(CC)CN1. The predicted octanol–water partition coefficient (Wildman–Crippen LogP) is 1.54. The van der Waals surface area contributed by atoms with Gasteiger partial charge in [0.05, 0.1) is 4.92 Å². The van der Waals surface area contributed by atoms with Crippen molar-refractivity contribution in [2.45, 2.75) is 38.8 Å². The van der Waals surface area contributed by atoms with Crippen LogP contribution in [0.4, 0.5) is 17.3 Å². The van der Waals surface area contributed by atoms with Gasteiger partial charge in [-0.1, -0.05) is 13.8 Å². The van der Waals surface area contributed by atoms with E-state index in [-0.39, 0.29) is 11.5 Å². The molecular formula is C13H21N5O2. The van der Waals surface area contributed by atoms with Crippen LogP contribution in [-0.2, 0) is 0 Å². The van der Waals surface area contributed by atoms with Crippen molar-refractivity contribution in [3.63, 3.8) is 0 Å². The molecular weight excluding hydrogens is 258 g/mol. The number of rotatable bonds is 4. The van der Waals surface area contributed by atoms with Gasteiger partial charge >= 0.3 is 5.69 Å². The molecule has 1 aromatic rings. The van der Waals surface area contributed by atoms with Crippen molar-refractivity contribution >= 4 is 17.3 Å². The number of nitro groups is 1. The number of nitrogens with zero attached hydrogens (tertiary/aromatic N) is 3.